The molecule has 2 heterocycles. The van der Waals surface area contributed by atoms with Crippen molar-refractivity contribution in [2.45, 2.75) is 45.4 Å². The fraction of sp³-hybridized carbons (Fsp3) is 0.333. The Bertz CT molecular complexity index is 1200. The van der Waals surface area contributed by atoms with Crippen LogP contribution in [-0.4, -0.2) is 35.3 Å². The molecule has 0 atom stereocenters. The summed E-state index contributed by atoms with van der Waals surface area (Å²) in [6.45, 7) is 2.53. The van der Waals surface area contributed by atoms with Gasteiger partial charge in [0.2, 0.25) is 11.9 Å². The SMILES string of the molecule is CCC(=O)c1cc(CCc2cnc(Nc3ccc(N4CCCCC4=O)cc3)nc2)c(F)c(OC)c1. The number of hydrogen-bond donors (Lipinski definition) is 1. The maximum absolute atomic E-state index is 14.7. The summed E-state index contributed by atoms with van der Waals surface area (Å²) in [6, 6.07) is 10.7. The van der Waals surface area contributed by atoms with Gasteiger partial charge in [0.1, 0.15) is 0 Å². The second-order valence-electron chi connectivity index (χ2n) is 8.52. The highest BCUT2D eigenvalue weighted by Gasteiger charge is 2.19. The van der Waals surface area contributed by atoms with E-state index in [1.54, 1.807) is 25.4 Å². The van der Waals surface area contributed by atoms with Crippen molar-refractivity contribution in [1.29, 1.82) is 0 Å². The number of ether oxygens (including phenoxy) is 1. The van der Waals surface area contributed by atoms with E-state index in [9.17, 15) is 14.0 Å². The Hall–Kier alpha value is -3.81. The molecule has 4 rings (SSSR count). The zero-order valence-electron chi connectivity index (χ0n) is 20.0. The van der Waals surface area contributed by atoms with Crippen LogP contribution in [0.1, 0.15) is 54.1 Å². The third-order valence-corrected chi connectivity index (χ3v) is 6.12. The number of Topliss-reactive ketones (excluding diaryl/α,β-unsaturated/α-hetero) is 1. The highest BCUT2D eigenvalue weighted by Crippen LogP contribution is 2.26. The van der Waals surface area contributed by atoms with Crippen LogP contribution in [0.15, 0.2) is 48.8 Å². The third kappa shape index (κ3) is 5.82. The molecule has 1 aliphatic rings. The Morgan fingerprint density at radius 2 is 1.86 bits per heavy atom. The minimum atomic E-state index is -0.450. The highest BCUT2D eigenvalue weighted by molar-refractivity contribution is 5.96. The Morgan fingerprint density at radius 3 is 2.51 bits per heavy atom. The second-order valence-corrected chi connectivity index (χ2v) is 8.52. The van der Waals surface area contributed by atoms with Gasteiger partial charge in [-0.2, -0.15) is 0 Å². The molecule has 0 aliphatic carbocycles. The van der Waals surface area contributed by atoms with E-state index in [1.165, 1.54) is 13.2 Å². The van der Waals surface area contributed by atoms with Crippen LogP contribution in [0.25, 0.3) is 0 Å². The van der Waals surface area contributed by atoms with Gasteiger partial charge in [0.25, 0.3) is 0 Å². The van der Waals surface area contributed by atoms with Crippen molar-refractivity contribution in [1.82, 2.24) is 9.97 Å². The molecule has 7 nitrogen and oxygen atoms in total. The Labute approximate surface area is 204 Å². The maximum Gasteiger partial charge on any atom is 0.227 e. The lowest BCUT2D eigenvalue weighted by Crippen LogP contribution is -2.35. The minimum absolute atomic E-state index is 0.0566. The van der Waals surface area contributed by atoms with Gasteiger partial charge in [-0.05, 0) is 73.2 Å². The van der Waals surface area contributed by atoms with E-state index in [0.29, 0.717) is 42.8 Å². The van der Waals surface area contributed by atoms with Gasteiger partial charge in [0.15, 0.2) is 17.3 Å². The third-order valence-electron chi connectivity index (χ3n) is 6.12. The fourth-order valence-electron chi connectivity index (χ4n) is 4.11. The van der Waals surface area contributed by atoms with Gasteiger partial charge in [0, 0.05) is 48.7 Å². The molecule has 0 saturated carbocycles. The molecule has 0 bridgehead atoms. The fourth-order valence-corrected chi connectivity index (χ4v) is 4.11. The van der Waals surface area contributed by atoms with Crippen LogP contribution in [0.5, 0.6) is 5.75 Å². The first-order valence-corrected chi connectivity index (χ1v) is 11.9. The van der Waals surface area contributed by atoms with Crippen molar-refractivity contribution >= 4 is 29.0 Å². The molecule has 35 heavy (non-hydrogen) atoms. The number of anilines is 3. The highest BCUT2D eigenvalue weighted by atomic mass is 19.1. The zero-order chi connectivity index (χ0) is 24.8. The van der Waals surface area contributed by atoms with Crippen molar-refractivity contribution in [2.24, 2.45) is 0 Å². The van der Waals surface area contributed by atoms with Gasteiger partial charge in [-0.1, -0.05) is 6.92 Å². The Morgan fingerprint density at radius 1 is 1.11 bits per heavy atom. The molecule has 1 aliphatic heterocycles. The lowest BCUT2D eigenvalue weighted by molar-refractivity contribution is -0.119. The van der Waals surface area contributed by atoms with Gasteiger partial charge in [-0.25, -0.2) is 14.4 Å². The van der Waals surface area contributed by atoms with Crippen molar-refractivity contribution in [3.05, 3.63) is 71.3 Å². The van der Waals surface area contributed by atoms with Crippen molar-refractivity contribution < 1.29 is 18.7 Å². The second kappa shape index (κ2) is 11.1. The summed E-state index contributed by atoms with van der Waals surface area (Å²) in [6.07, 6.45) is 7.23. The average molecular weight is 477 g/mol. The van der Waals surface area contributed by atoms with E-state index in [-0.39, 0.29) is 17.4 Å². The van der Waals surface area contributed by atoms with E-state index in [0.717, 1.165) is 36.3 Å². The number of amides is 1. The van der Waals surface area contributed by atoms with Crippen LogP contribution in [0.3, 0.4) is 0 Å². The molecular weight excluding hydrogens is 447 g/mol. The van der Waals surface area contributed by atoms with Crippen LogP contribution >= 0.6 is 0 Å². The smallest absolute Gasteiger partial charge is 0.227 e. The summed E-state index contributed by atoms with van der Waals surface area (Å²) in [5, 5.41) is 3.16. The molecule has 1 saturated heterocycles. The van der Waals surface area contributed by atoms with Crippen LogP contribution in [0.4, 0.5) is 21.7 Å². The Balaban J connectivity index is 1.38. The summed E-state index contributed by atoms with van der Waals surface area (Å²) >= 11 is 0. The number of nitrogens with one attached hydrogen (secondary N) is 1. The number of aryl methyl sites for hydroxylation is 2. The molecule has 1 N–H and O–H groups in total. The molecular formula is C27H29FN4O3. The van der Waals surface area contributed by atoms with Crippen LogP contribution in [0, 0.1) is 5.82 Å². The van der Waals surface area contributed by atoms with Gasteiger partial charge in [-0.3, -0.25) is 9.59 Å². The van der Waals surface area contributed by atoms with Crippen molar-refractivity contribution in [2.75, 3.05) is 23.9 Å². The van der Waals surface area contributed by atoms with Gasteiger partial charge >= 0.3 is 0 Å². The standard InChI is InChI=1S/C27H29FN4O3/c1-3-23(33)20-14-19(26(28)24(15-20)35-2)8-7-18-16-29-27(30-17-18)31-21-9-11-22(12-10-21)32-13-5-4-6-25(32)34/h9-12,14-17H,3-8,13H2,1-2H3,(H,29,30,31). The summed E-state index contributed by atoms with van der Waals surface area (Å²) in [5.74, 6) is 0.176. The normalized spacial score (nSPS) is 13.6. The van der Waals surface area contributed by atoms with Crippen LogP contribution in [0.2, 0.25) is 0 Å². The predicted molar refractivity (Wildman–Crippen MR) is 133 cm³/mol. The first kappa shape index (κ1) is 24.3. The Kier molecular flexibility index (Phi) is 7.70. The first-order valence-electron chi connectivity index (χ1n) is 11.9. The summed E-state index contributed by atoms with van der Waals surface area (Å²) in [7, 11) is 1.39. The minimum Gasteiger partial charge on any atom is -0.494 e. The molecule has 3 aromatic rings. The van der Waals surface area contributed by atoms with E-state index < -0.39 is 5.82 Å². The van der Waals surface area contributed by atoms with Gasteiger partial charge in [-0.15, -0.1) is 0 Å². The topological polar surface area (TPSA) is 84.4 Å². The average Bonchev–Trinajstić information content (AvgIpc) is 2.89. The van der Waals surface area contributed by atoms with Crippen LogP contribution < -0.4 is 15.0 Å². The number of ketones is 1. The van der Waals surface area contributed by atoms with E-state index in [1.807, 2.05) is 29.2 Å². The number of aromatic nitrogens is 2. The number of carbonyl (C=O) groups excluding carboxylic acids is 2. The molecule has 1 amide bonds. The molecule has 0 radical (unpaired) electrons. The van der Waals surface area contributed by atoms with Crippen LogP contribution in [-0.2, 0) is 17.6 Å². The summed E-state index contributed by atoms with van der Waals surface area (Å²) in [5.41, 5.74) is 3.44. The molecule has 1 aromatic heterocycles. The van der Waals surface area contributed by atoms with E-state index >= 15 is 0 Å². The molecule has 182 valence electrons. The number of piperidine rings is 1. The lowest BCUT2D eigenvalue weighted by atomic mass is 10.00. The summed E-state index contributed by atoms with van der Waals surface area (Å²) in [4.78, 5) is 34.8. The van der Waals surface area contributed by atoms with Crippen molar-refractivity contribution in [3.8, 4) is 5.75 Å². The summed E-state index contributed by atoms with van der Waals surface area (Å²) < 4.78 is 19.8. The molecule has 0 spiro atoms. The molecule has 2 aromatic carbocycles. The van der Waals surface area contributed by atoms with Gasteiger partial charge in [0.05, 0.1) is 7.11 Å². The first-order chi connectivity index (χ1) is 17.0. The number of hydrogen-bond acceptors (Lipinski definition) is 6. The number of nitrogens with zero attached hydrogens (tertiary/aromatic N) is 3. The quantitative estimate of drug-likeness (QED) is 0.424. The monoisotopic (exact) mass is 476 g/mol. The largest absolute Gasteiger partial charge is 0.494 e. The van der Waals surface area contributed by atoms with E-state index in [4.69, 9.17) is 4.74 Å². The van der Waals surface area contributed by atoms with Gasteiger partial charge < -0.3 is 15.0 Å². The lowest BCUT2D eigenvalue weighted by Gasteiger charge is -2.26. The maximum atomic E-state index is 14.7. The molecule has 8 heteroatoms. The van der Waals surface area contributed by atoms with Crippen molar-refractivity contribution in [3.63, 3.8) is 0 Å². The number of halogens is 1. The number of benzene rings is 2. The number of carbonyl (C=O) groups is 2. The number of rotatable bonds is 9. The molecule has 0 unspecified atom stereocenters. The predicted octanol–water partition coefficient (Wildman–Crippen LogP) is 5.26. The number of methoxy groups -OCH3 is 1. The molecule has 1 fully saturated rings. The van der Waals surface area contributed by atoms with E-state index in [2.05, 4.69) is 15.3 Å². The zero-order valence-corrected chi connectivity index (χ0v) is 20.0.